The summed E-state index contributed by atoms with van der Waals surface area (Å²) in [6.07, 6.45) is 5.84. The maximum Gasteiger partial charge on any atom is 0.318 e. The van der Waals surface area contributed by atoms with Crippen LogP contribution in [0.25, 0.3) is 0 Å². The van der Waals surface area contributed by atoms with E-state index in [1.165, 1.54) is 12.8 Å². The number of amides is 2. The summed E-state index contributed by atoms with van der Waals surface area (Å²) in [6.45, 7) is 2.90. The molecule has 1 aromatic rings. The van der Waals surface area contributed by atoms with Crippen LogP contribution >= 0.6 is 0 Å². The second-order valence-corrected chi connectivity index (χ2v) is 6.39. The number of aromatic nitrogens is 2. The van der Waals surface area contributed by atoms with Crippen LogP contribution in [-0.4, -0.2) is 45.4 Å². The number of carbonyl (C=O) groups excluding carboxylic acids is 1. The third kappa shape index (κ3) is 3.40. The number of β-amino-alcohol motifs (C(OH)–C–C–N with tert-alkyl or cyclic N) is 1. The molecule has 2 aliphatic rings. The zero-order valence-electron chi connectivity index (χ0n) is 13.0. The lowest BCUT2D eigenvalue weighted by Gasteiger charge is -2.30. The molecule has 1 saturated carbocycles. The smallest absolute Gasteiger partial charge is 0.318 e. The number of aliphatic hydroxyl groups excluding tert-OH is 1. The number of nitrogens with one attached hydrogen (secondary N) is 1. The van der Waals surface area contributed by atoms with Gasteiger partial charge in [-0.3, -0.25) is 0 Å². The van der Waals surface area contributed by atoms with Crippen molar-refractivity contribution in [1.82, 2.24) is 20.4 Å². The molecule has 0 radical (unpaired) electrons. The minimum Gasteiger partial charge on any atom is -0.391 e. The summed E-state index contributed by atoms with van der Waals surface area (Å²) < 4.78 is 5.30. The number of piperidine rings is 1. The molecule has 1 aliphatic heterocycles. The van der Waals surface area contributed by atoms with Gasteiger partial charge in [-0.1, -0.05) is 18.0 Å². The Morgan fingerprint density at radius 2 is 2.14 bits per heavy atom. The zero-order chi connectivity index (χ0) is 15.5. The molecule has 2 heterocycles. The fourth-order valence-electron chi connectivity index (χ4n) is 3.25. The van der Waals surface area contributed by atoms with Gasteiger partial charge in [0.15, 0.2) is 5.82 Å². The first-order valence-corrected chi connectivity index (χ1v) is 8.20. The van der Waals surface area contributed by atoms with Gasteiger partial charge in [-0.2, -0.15) is 4.98 Å². The minimum atomic E-state index is -0.424. The minimum absolute atomic E-state index is 0.188. The maximum absolute atomic E-state index is 12.2. The Balaban J connectivity index is 1.56. The number of rotatable bonds is 3. The van der Waals surface area contributed by atoms with Crippen molar-refractivity contribution >= 4 is 6.03 Å². The number of hydrogen-bond acceptors (Lipinski definition) is 5. The van der Waals surface area contributed by atoms with Crippen LogP contribution in [0.3, 0.4) is 0 Å². The lowest BCUT2D eigenvalue weighted by atomic mass is 10.1. The van der Waals surface area contributed by atoms with Crippen molar-refractivity contribution in [2.45, 2.75) is 63.5 Å². The standard InChI is InChI=1S/C15H24N4O3/c1-10(16-15(21)19-8-4-7-12(20)9-19)14-17-13(18-22-14)11-5-2-3-6-11/h10-12,20H,2-9H2,1H3,(H,16,21). The Hall–Kier alpha value is -1.63. The van der Waals surface area contributed by atoms with Crippen LogP contribution in [0, 0.1) is 0 Å². The largest absolute Gasteiger partial charge is 0.391 e. The lowest BCUT2D eigenvalue weighted by Crippen LogP contribution is -2.47. The molecule has 7 heteroatoms. The van der Waals surface area contributed by atoms with Gasteiger partial charge in [-0.15, -0.1) is 0 Å². The van der Waals surface area contributed by atoms with E-state index in [4.69, 9.17) is 4.52 Å². The average molecular weight is 308 g/mol. The number of aliphatic hydroxyl groups is 1. The first kappa shape index (κ1) is 15.3. The maximum atomic E-state index is 12.2. The summed E-state index contributed by atoms with van der Waals surface area (Å²) in [5, 5.41) is 16.6. The Bertz CT molecular complexity index is 513. The molecule has 3 rings (SSSR count). The SMILES string of the molecule is CC(NC(=O)N1CCCC(O)C1)c1nc(C2CCCC2)no1. The van der Waals surface area contributed by atoms with Gasteiger partial charge in [-0.05, 0) is 32.6 Å². The van der Waals surface area contributed by atoms with Gasteiger partial charge in [0.1, 0.15) is 6.04 Å². The number of likely N-dealkylation sites (tertiary alicyclic amines) is 1. The Kier molecular flexibility index (Phi) is 4.61. The quantitative estimate of drug-likeness (QED) is 0.890. The topological polar surface area (TPSA) is 91.5 Å². The van der Waals surface area contributed by atoms with Gasteiger partial charge in [0, 0.05) is 19.0 Å². The van der Waals surface area contributed by atoms with E-state index < -0.39 is 6.10 Å². The van der Waals surface area contributed by atoms with E-state index in [0.717, 1.165) is 31.5 Å². The molecular formula is C15H24N4O3. The second kappa shape index (κ2) is 6.64. The van der Waals surface area contributed by atoms with Crippen LogP contribution in [0.4, 0.5) is 4.79 Å². The highest BCUT2D eigenvalue weighted by Gasteiger charge is 2.27. The molecule has 0 aromatic carbocycles. The Morgan fingerprint density at radius 3 is 2.86 bits per heavy atom. The van der Waals surface area contributed by atoms with E-state index in [1.54, 1.807) is 4.90 Å². The first-order valence-electron chi connectivity index (χ1n) is 8.20. The zero-order valence-corrected chi connectivity index (χ0v) is 13.0. The summed E-state index contributed by atoms with van der Waals surface area (Å²) in [5.41, 5.74) is 0. The third-order valence-corrected chi connectivity index (χ3v) is 4.57. The molecule has 2 N–H and O–H groups in total. The molecule has 0 spiro atoms. The van der Waals surface area contributed by atoms with Crippen molar-refractivity contribution in [1.29, 1.82) is 0 Å². The third-order valence-electron chi connectivity index (χ3n) is 4.57. The average Bonchev–Trinajstić information content (AvgIpc) is 3.18. The van der Waals surface area contributed by atoms with Crippen LogP contribution in [0.2, 0.25) is 0 Å². The number of hydrogen-bond donors (Lipinski definition) is 2. The van der Waals surface area contributed by atoms with Crippen LogP contribution in [-0.2, 0) is 0 Å². The molecule has 2 unspecified atom stereocenters. The lowest BCUT2D eigenvalue weighted by molar-refractivity contribution is 0.0831. The first-order chi connectivity index (χ1) is 10.6. The van der Waals surface area contributed by atoms with Crippen molar-refractivity contribution in [3.05, 3.63) is 11.7 Å². The predicted molar refractivity (Wildman–Crippen MR) is 79.3 cm³/mol. The van der Waals surface area contributed by atoms with Gasteiger partial charge >= 0.3 is 6.03 Å². The number of nitrogens with zero attached hydrogens (tertiary/aromatic N) is 3. The van der Waals surface area contributed by atoms with E-state index in [9.17, 15) is 9.90 Å². The van der Waals surface area contributed by atoms with Crippen LogP contribution in [0.1, 0.15) is 69.1 Å². The summed E-state index contributed by atoms with van der Waals surface area (Å²) in [6, 6.07) is -0.513. The highest BCUT2D eigenvalue weighted by atomic mass is 16.5. The van der Waals surface area contributed by atoms with Crippen LogP contribution in [0.5, 0.6) is 0 Å². The fourth-order valence-corrected chi connectivity index (χ4v) is 3.25. The molecule has 122 valence electrons. The molecule has 22 heavy (non-hydrogen) atoms. The van der Waals surface area contributed by atoms with Crippen molar-refractivity contribution in [3.8, 4) is 0 Å². The highest BCUT2D eigenvalue weighted by Crippen LogP contribution is 2.32. The fraction of sp³-hybridized carbons (Fsp3) is 0.800. The van der Waals surface area contributed by atoms with Gasteiger partial charge in [0.05, 0.1) is 6.10 Å². The van der Waals surface area contributed by atoms with Crippen molar-refractivity contribution in [2.75, 3.05) is 13.1 Å². The van der Waals surface area contributed by atoms with E-state index in [2.05, 4.69) is 15.5 Å². The monoisotopic (exact) mass is 308 g/mol. The molecule has 2 amide bonds. The molecule has 1 aliphatic carbocycles. The summed E-state index contributed by atoms with van der Waals surface area (Å²) in [4.78, 5) is 18.3. The van der Waals surface area contributed by atoms with Crippen molar-refractivity contribution in [2.24, 2.45) is 0 Å². The van der Waals surface area contributed by atoms with Crippen molar-refractivity contribution in [3.63, 3.8) is 0 Å². The molecule has 2 fully saturated rings. The molecule has 2 atom stereocenters. The van der Waals surface area contributed by atoms with Crippen LogP contribution in [0.15, 0.2) is 4.52 Å². The summed E-state index contributed by atoms with van der Waals surface area (Å²) in [7, 11) is 0. The van der Waals surface area contributed by atoms with E-state index in [0.29, 0.717) is 24.9 Å². The molecule has 1 aromatic heterocycles. The van der Waals surface area contributed by atoms with Crippen molar-refractivity contribution < 1.29 is 14.4 Å². The molecule has 7 nitrogen and oxygen atoms in total. The van der Waals surface area contributed by atoms with Gasteiger partial charge < -0.3 is 19.8 Å². The van der Waals surface area contributed by atoms with E-state index in [-0.39, 0.29) is 12.1 Å². The normalized spacial score (nSPS) is 24.5. The molecule has 0 bridgehead atoms. The molecular weight excluding hydrogens is 284 g/mol. The van der Waals surface area contributed by atoms with Gasteiger partial charge in [-0.25, -0.2) is 4.79 Å². The predicted octanol–water partition coefficient (Wildman–Crippen LogP) is 1.95. The number of carbonyl (C=O) groups is 1. The summed E-state index contributed by atoms with van der Waals surface area (Å²) in [5.74, 6) is 1.62. The summed E-state index contributed by atoms with van der Waals surface area (Å²) >= 11 is 0. The van der Waals surface area contributed by atoms with Crippen LogP contribution < -0.4 is 5.32 Å². The molecule has 1 saturated heterocycles. The highest BCUT2D eigenvalue weighted by molar-refractivity contribution is 5.74. The van der Waals surface area contributed by atoms with Gasteiger partial charge in [0.25, 0.3) is 0 Å². The Morgan fingerprint density at radius 1 is 1.36 bits per heavy atom. The van der Waals surface area contributed by atoms with Gasteiger partial charge in [0.2, 0.25) is 5.89 Å². The number of urea groups is 1. The van der Waals surface area contributed by atoms with E-state index in [1.807, 2.05) is 6.92 Å². The van der Waals surface area contributed by atoms with E-state index >= 15 is 0 Å². The Labute approximate surface area is 130 Å². The second-order valence-electron chi connectivity index (χ2n) is 6.39.